The van der Waals surface area contributed by atoms with Crippen LogP contribution in [0.15, 0.2) is 12.1 Å². The van der Waals surface area contributed by atoms with Gasteiger partial charge in [-0.05, 0) is 19.1 Å². The first-order chi connectivity index (χ1) is 9.32. The molecule has 0 saturated carbocycles. The van der Waals surface area contributed by atoms with Crippen molar-refractivity contribution in [3.8, 4) is 0 Å². The lowest BCUT2D eigenvalue weighted by molar-refractivity contribution is -0.139. The van der Waals surface area contributed by atoms with Crippen LogP contribution in [0.1, 0.15) is 24.1 Å². The van der Waals surface area contributed by atoms with Crippen molar-refractivity contribution in [2.75, 3.05) is 26.2 Å². The second-order valence-electron chi connectivity index (χ2n) is 4.78. The smallest absolute Gasteiger partial charge is 0.314 e. The molecule has 0 unspecified atom stereocenters. The van der Waals surface area contributed by atoms with Gasteiger partial charge < -0.3 is 5.32 Å². The van der Waals surface area contributed by atoms with Gasteiger partial charge in [0.1, 0.15) is 5.82 Å². The Kier molecular flexibility index (Phi) is 6.28. The second-order valence-corrected chi connectivity index (χ2v) is 5.19. The molecule has 0 radical (unpaired) electrons. The fourth-order valence-electron chi connectivity index (χ4n) is 2.47. The fraction of sp³-hybridized carbons (Fsp3) is 0.538. The van der Waals surface area contributed by atoms with Gasteiger partial charge in [0.05, 0.1) is 10.6 Å². The second kappa shape index (κ2) is 7.13. The summed E-state index contributed by atoms with van der Waals surface area (Å²) in [5.41, 5.74) is -1.32. The van der Waals surface area contributed by atoms with Gasteiger partial charge in [0, 0.05) is 37.8 Å². The number of benzene rings is 1. The van der Waals surface area contributed by atoms with Gasteiger partial charge in [0.2, 0.25) is 0 Å². The van der Waals surface area contributed by atoms with Crippen molar-refractivity contribution in [1.29, 1.82) is 0 Å². The zero-order chi connectivity index (χ0) is 14.9. The molecule has 1 fully saturated rings. The Bertz CT molecular complexity index is 488. The molecule has 2 rings (SSSR count). The Labute approximate surface area is 131 Å². The van der Waals surface area contributed by atoms with E-state index in [9.17, 15) is 17.6 Å². The molecule has 1 aromatic rings. The van der Waals surface area contributed by atoms with Crippen molar-refractivity contribution in [2.45, 2.75) is 19.1 Å². The molecule has 0 amide bonds. The molecule has 120 valence electrons. The minimum Gasteiger partial charge on any atom is -0.314 e. The monoisotopic (exact) mass is 346 g/mol. The molecule has 1 heterocycles. The number of alkyl halides is 3. The molecule has 0 aromatic heterocycles. The van der Waals surface area contributed by atoms with Crippen molar-refractivity contribution in [3.05, 3.63) is 34.1 Å². The Morgan fingerprint density at radius 2 is 1.81 bits per heavy atom. The highest BCUT2D eigenvalue weighted by molar-refractivity contribution is 6.30. The number of nitrogens with zero attached hydrogens (tertiary/aromatic N) is 1. The third-order valence-corrected chi connectivity index (χ3v) is 3.85. The first-order valence-electron chi connectivity index (χ1n) is 6.32. The van der Waals surface area contributed by atoms with Gasteiger partial charge in [-0.25, -0.2) is 4.39 Å². The Hall–Kier alpha value is -0.560. The summed E-state index contributed by atoms with van der Waals surface area (Å²) in [4.78, 5) is 1.82. The van der Waals surface area contributed by atoms with E-state index in [1.807, 2.05) is 4.90 Å². The van der Waals surface area contributed by atoms with Crippen LogP contribution in [-0.2, 0) is 6.18 Å². The van der Waals surface area contributed by atoms with E-state index in [1.165, 1.54) is 0 Å². The molecule has 1 aliphatic heterocycles. The summed E-state index contributed by atoms with van der Waals surface area (Å²) in [7, 11) is 0. The maximum Gasteiger partial charge on any atom is 0.416 e. The largest absolute Gasteiger partial charge is 0.416 e. The normalized spacial score (nSPS) is 18.2. The fourth-order valence-corrected chi connectivity index (χ4v) is 2.64. The van der Waals surface area contributed by atoms with E-state index >= 15 is 0 Å². The van der Waals surface area contributed by atoms with Crippen LogP contribution in [0.25, 0.3) is 0 Å². The Morgan fingerprint density at radius 1 is 1.24 bits per heavy atom. The van der Waals surface area contributed by atoms with Crippen LogP contribution >= 0.6 is 24.0 Å². The number of hydrogen-bond donors (Lipinski definition) is 1. The zero-order valence-electron chi connectivity index (χ0n) is 11.3. The molecule has 8 heteroatoms. The highest BCUT2D eigenvalue weighted by Gasteiger charge is 2.38. The van der Waals surface area contributed by atoms with Crippen molar-refractivity contribution in [3.63, 3.8) is 0 Å². The molecule has 0 aliphatic carbocycles. The number of halogens is 6. The highest BCUT2D eigenvalue weighted by atomic mass is 35.5. The lowest BCUT2D eigenvalue weighted by atomic mass is 9.98. The SMILES string of the molecule is C[C@H](c1c(C(F)(F)F)ccc(Cl)c1F)N1CCNCC1.Cl. The van der Waals surface area contributed by atoms with Gasteiger partial charge in [0.15, 0.2) is 0 Å². The van der Waals surface area contributed by atoms with Crippen LogP contribution in [-0.4, -0.2) is 31.1 Å². The van der Waals surface area contributed by atoms with E-state index < -0.39 is 23.6 Å². The van der Waals surface area contributed by atoms with Crippen LogP contribution < -0.4 is 5.32 Å². The first-order valence-corrected chi connectivity index (χ1v) is 6.70. The van der Waals surface area contributed by atoms with Gasteiger partial charge in [-0.3, -0.25) is 4.90 Å². The maximum absolute atomic E-state index is 14.1. The van der Waals surface area contributed by atoms with Crippen LogP contribution in [0, 0.1) is 5.82 Å². The van der Waals surface area contributed by atoms with Gasteiger partial charge in [0.25, 0.3) is 0 Å². The molecule has 0 bridgehead atoms. The molecule has 1 aromatic carbocycles. The first kappa shape index (κ1) is 18.5. The van der Waals surface area contributed by atoms with Crippen molar-refractivity contribution in [1.82, 2.24) is 10.2 Å². The molecule has 1 N–H and O–H groups in total. The van der Waals surface area contributed by atoms with Crippen molar-refractivity contribution < 1.29 is 17.6 Å². The summed E-state index contributed by atoms with van der Waals surface area (Å²) in [6.45, 7) is 4.08. The molecule has 1 aliphatic rings. The lowest BCUT2D eigenvalue weighted by Crippen LogP contribution is -2.45. The summed E-state index contributed by atoms with van der Waals surface area (Å²) < 4.78 is 53.3. The average Bonchev–Trinajstić information content (AvgIpc) is 2.40. The summed E-state index contributed by atoms with van der Waals surface area (Å²) in [6.07, 6.45) is -4.59. The van der Waals surface area contributed by atoms with E-state index in [2.05, 4.69) is 5.32 Å². The zero-order valence-corrected chi connectivity index (χ0v) is 12.9. The van der Waals surface area contributed by atoms with E-state index in [0.717, 1.165) is 12.1 Å². The Balaban J connectivity index is 0.00000220. The highest BCUT2D eigenvalue weighted by Crippen LogP contribution is 2.39. The maximum atomic E-state index is 14.1. The molecule has 2 nitrogen and oxygen atoms in total. The quantitative estimate of drug-likeness (QED) is 0.817. The Morgan fingerprint density at radius 3 is 2.33 bits per heavy atom. The van der Waals surface area contributed by atoms with E-state index in [1.54, 1.807) is 6.92 Å². The number of hydrogen-bond acceptors (Lipinski definition) is 2. The van der Waals surface area contributed by atoms with Crippen LogP contribution in [0.3, 0.4) is 0 Å². The molecule has 1 atom stereocenters. The summed E-state index contributed by atoms with van der Waals surface area (Å²) >= 11 is 5.65. The number of piperazine rings is 1. The van der Waals surface area contributed by atoms with Crippen LogP contribution in [0.5, 0.6) is 0 Å². The minimum atomic E-state index is -4.59. The van der Waals surface area contributed by atoms with E-state index in [-0.39, 0.29) is 23.0 Å². The molecular weight excluding hydrogens is 331 g/mol. The third-order valence-electron chi connectivity index (χ3n) is 3.56. The topological polar surface area (TPSA) is 15.3 Å². The molecule has 0 spiro atoms. The van der Waals surface area contributed by atoms with E-state index in [0.29, 0.717) is 26.2 Å². The molecular formula is C13H16Cl2F4N2. The van der Waals surface area contributed by atoms with Gasteiger partial charge >= 0.3 is 6.18 Å². The summed E-state index contributed by atoms with van der Waals surface area (Å²) in [6, 6.07) is 1.13. The number of nitrogens with one attached hydrogen (secondary N) is 1. The van der Waals surface area contributed by atoms with Gasteiger partial charge in [-0.1, -0.05) is 11.6 Å². The minimum absolute atomic E-state index is 0. The average molecular weight is 347 g/mol. The molecule has 1 saturated heterocycles. The number of rotatable bonds is 2. The third kappa shape index (κ3) is 4.00. The summed E-state index contributed by atoms with van der Waals surface area (Å²) in [5.74, 6) is -0.979. The summed E-state index contributed by atoms with van der Waals surface area (Å²) in [5, 5.41) is 2.83. The van der Waals surface area contributed by atoms with Crippen molar-refractivity contribution >= 4 is 24.0 Å². The lowest BCUT2D eigenvalue weighted by Gasteiger charge is -2.34. The predicted octanol–water partition coefficient (Wildman–Crippen LogP) is 3.89. The van der Waals surface area contributed by atoms with Gasteiger partial charge in [-0.2, -0.15) is 13.2 Å². The predicted molar refractivity (Wildman–Crippen MR) is 76.5 cm³/mol. The van der Waals surface area contributed by atoms with Crippen LogP contribution in [0.2, 0.25) is 5.02 Å². The van der Waals surface area contributed by atoms with Gasteiger partial charge in [-0.15, -0.1) is 12.4 Å². The van der Waals surface area contributed by atoms with E-state index in [4.69, 9.17) is 11.6 Å². The standard InChI is InChI=1S/C13H15ClF4N2.ClH/c1-8(20-6-4-19-5-7-20)11-9(13(16,17)18)2-3-10(14)12(11)15;/h2-3,8,19H,4-7H2,1H3;1H/t8-;/m1./s1. The van der Waals surface area contributed by atoms with Crippen LogP contribution in [0.4, 0.5) is 17.6 Å². The van der Waals surface area contributed by atoms with Crippen molar-refractivity contribution in [2.24, 2.45) is 0 Å². The molecule has 21 heavy (non-hydrogen) atoms.